The Bertz CT molecular complexity index is 750. The molecule has 0 bridgehead atoms. The SMILES string of the molecule is Cc1ccc(C)c(OCC(=O)N[C@@H](C)c2cc(C)c(C)cc2C)c1. The molecule has 0 aliphatic carbocycles. The molecule has 0 saturated heterocycles. The van der Waals surface area contributed by atoms with Crippen LogP contribution < -0.4 is 10.1 Å². The van der Waals surface area contributed by atoms with Crippen molar-refractivity contribution in [3.8, 4) is 5.75 Å². The van der Waals surface area contributed by atoms with E-state index in [4.69, 9.17) is 4.74 Å². The quantitative estimate of drug-likeness (QED) is 0.880. The minimum atomic E-state index is -0.110. The Kier molecular flexibility index (Phi) is 5.66. The third-order valence-electron chi connectivity index (χ3n) is 4.43. The predicted octanol–water partition coefficient (Wildman–Crippen LogP) is 4.48. The normalized spacial score (nSPS) is 11.9. The van der Waals surface area contributed by atoms with Crippen LogP contribution in [0.25, 0.3) is 0 Å². The summed E-state index contributed by atoms with van der Waals surface area (Å²) < 4.78 is 5.68. The first-order valence-corrected chi connectivity index (χ1v) is 8.35. The molecule has 0 aliphatic heterocycles. The number of hydrogen-bond donors (Lipinski definition) is 1. The number of amides is 1. The van der Waals surface area contributed by atoms with Gasteiger partial charge in [-0.05, 0) is 81.0 Å². The van der Waals surface area contributed by atoms with Crippen molar-refractivity contribution in [1.82, 2.24) is 5.32 Å². The second-order valence-electron chi connectivity index (χ2n) is 6.64. The van der Waals surface area contributed by atoms with Crippen molar-refractivity contribution in [3.05, 3.63) is 63.7 Å². The molecule has 1 N–H and O–H groups in total. The molecule has 3 heteroatoms. The summed E-state index contributed by atoms with van der Waals surface area (Å²) in [6.07, 6.45) is 0. The van der Waals surface area contributed by atoms with Crippen LogP contribution in [0.15, 0.2) is 30.3 Å². The van der Waals surface area contributed by atoms with E-state index in [0.29, 0.717) is 0 Å². The van der Waals surface area contributed by atoms with Gasteiger partial charge in [-0.25, -0.2) is 0 Å². The molecule has 2 rings (SSSR count). The molecule has 1 amide bonds. The molecule has 2 aromatic rings. The second-order valence-corrected chi connectivity index (χ2v) is 6.64. The maximum absolute atomic E-state index is 12.2. The van der Waals surface area contributed by atoms with Crippen LogP contribution in [0.5, 0.6) is 5.75 Å². The highest BCUT2D eigenvalue weighted by atomic mass is 16.5. The van der Waals surface area contributed by atoms with Gasteiger partial charge in [0.25, 0.3) is 5.91 Å². The van der Waals surface area contributed by atoms with Gasteiger partial charge in [-0.3, -0.25) is 4.79 Å². The molecular weight excluding hydrogens is 298 g/mol. The van der Waals surface area contributed by atoms with Gasteiger partial charge in [0.05, 0.1) is 6.04 Å². The molecule has 0 unspecified atom stereocenters. The van der Waals surface area contributed by atoms with Crippen LogP contribution in [0.2, 0.25) is 0 Å². The summed E-state index contributed by atoms with van der Waals surface area (Å²) in [5.41, 5.74) is 7.01. The van der Waals surface area contributed by atoms with Crippen LogP contribution in [0.4, 0.5) is 0 Å². The molecule has 0 radical (unpaired) electrons. The Hall–Kier alpha value is -2.29. The third kappa shape index (κ3) is 4.38. The minimum Gasteiger partial charge on any atom is -0.483 e. The van der Waals surface area contributed by atoms with Gasteiger partial charge >= 0.3 is 0 Å². The van der Waals surface area contributed by atoms with Gasteiger partial charge in [-0.2, -0.15) is 0 Å². The van der Waals surface area contributed by atoms with E-state index >= 15 is 0 Å². The molecule has 0 aromatic heterocycles. The summed E-state index contributed by atoms with van der Waals surface area (Å²) in [5.74, 6) is 0.654. The van der Waals surface area contributed by atoms with E-state index in [-0.39, 0.29) is 18.6 Å². The largest absolute Gasteiger partial charge is 0.483 e. The molecule has 24 heavy (non-hydrogen) atoms. The lowest BCUT2D eigenvalue weighted by Crippen LogP contribution is -2.31. The number of hydrogen-bond acceptors (Lipinski definition) is 2. The van der Waals surface area contributed by atoms with E-state index in [0.717, 1.165) is 22.4 Å². The standard InChI is InChI=1S/C21H27NO2/c1-13-7-8-14(2)20(9-13)24-12-21(23)22-18(6)19-11-16(4)15(3)10-17(19)5/h7-11,18H,12H2,1-6H3,(H,22,23)/t18-/m0/s1. The van der Waals surface area contributed by atoms with E-state index in [1.54, 1.807) is 0 Å². The van der Waals surface area contributed by atoms with Crippen molar-refractivity contribution in [1.29, 1.82) is 0 Å². The number of carbonyl (C=O) groups is 1. The van der Waals surface area contributed by atoms with Crippen molar-refractivity contribution in [2.45, 2.75) is 47.6 Å². The lowest BCUT2D eigenvalue weighted by atomic mass is 9.96. The topological polar surface area (TPSA) is 38.3 Å². The van der Waals surface area contributed by atoms with Crippen molar-refractivity contribution in [3.63, 3.8) is 0 Å². The van der Waals surface area contributed by atoms with Crippen molar-refractivity contribution >= 4 is 5.91 Å². The average molecular weight is 325 g/mol. The van der Waals surface area contributed by atoms with Crippen LogP contribution >= 0.6 is 0 Å². The first-order chi connectivity index (χ1) is 11.3. The van der Waals surface area contributed by atoms with E-state index in [1.807, 2.05) is 39.0 Å². The smallest absolute Gasteiger partial charge is 0.258 e. The van der Waals surface area contributed by atoms with Gasteiger partial charge in [0.15, 0.2) is 6.61 Å². The first-order valence-electron chi connectivity index (χ1n) is 8.35. The average Bonchev–Trinajstić information content (AvgIpc) is 2.51. The number of aryl methyl sites for hydroxylation is 5. The monoisotopic (exact) mass is 325 g/mol. The fourth-order valence-electron chi connectivity index (χ4n) is 2.82. The Morgan fingerprint density at radius 3 is 2.33 bits per heavy atom. The second kappa shape index (κ2) is 7.52. The van der Waals surface area contributed by atoms with Gasteiger partial charge in [0.2, 0.25) is 0 Å². The summed E-state index contributed by atoms with van der Waals surface area (Å²) in [4.78, 5) is 12.2. The van der Waals surface area contributed by atoms with Crippen LogP contribution in [0.3, 0.4) is 0 Å². The summed E-state index contributed by atoms with van der Waals surface area (Å²) in [6.45, 7) is 12.3. The molecular formula is C21H27NO2. The highest BCUT2D eigenvalue weighted by Gasteiger charge is 2.13. The lowest BCUT2D eigenvalue weighted by Gasteiger charge is -2.19. The molecule has 2 aromatic carbocycles. The summed E-state index contributed by atoms with van der Waals surface area (Å²) in [6, 6.07) is 10.3. The van der Waals surface area contributed by atoms with Gasteiger partial charge in [-0.1, -0.05) is 24.3 Å². The number of benzene rings is 2. The van der Waals surface area contributed by atoms with Gasteiger partial charge < -0.3 is 10.1 Å². The zero-order valence-electron chi connectivity index (χ0n) is 15.5. The zero-order valence-corrected chi connectivity index (χ0v) is 15.5. The fourth-order valence-corrected chi connectivity index (χ4v) is 2.82. The molecule has 128 valence electrons. The van der Waals surface area contributed by atoms with E-state index in [2.05, 4.69) is 38.2 Å². The van der Waals surface area contributed by atoms with E-state index in [9.17, 15) is 4.79 Å². The van der Waals surface area contributed by atoms with E-state index < -0.39 is 0 Å². The van der Waals surface area contributed by atoms with Gasteiger partial charge in [0.1, 0.15) is 5.75 Å². The van der Waals surface area contributed by atoms with Crippen molar-refractivity contribution < 1.29 is 9.53 Å². The lowest BCUT2D eigenvalue weighted by molar-refractivity contribution is -0.123. The number of ether oxygens (including phenoxy) is 1. The number of rotatable bonds is 5. The van der Waals surface area contributed by atoms with Crippen LogP contribution in [-0.2, 0) is 4.79 Å². The molecule has 0 saturated carbocycles. The molecule has 0 heterocycles. The maximum atomic E-state index is 12.2. The fraction of sp³-hybridized carbons (Fsp3) is 0.381. The van der Waals surface area contributed by atoms with Crippen LogP contribution in [0.1, 0.15) is 46.3 Å². The highest BCUT2D eigenvalue weighted by Crippen LogP contribution is 2.22. The third-order valence-corrected chi connectivity index (χ3v) is 4.43. The summed E-state index contributed by atoms with van der Waals surface area (Å²) in [5, 5.41) is 3.02. The molecule has 0 fully saturated rings. The Morgan fingerprint density at radius 2 is 1.62 bits per heavy atom. The molecule has 3 nitrogen and oxygen atoms in total. The maximum Gasteiger partial charge on any atom is 0.258 e. The minimum absolute atomic E-state index is 0.0263. The Morgan fingerprint density at radius 1 is 0.958 bits per heavy atom. The summed E-state index contributed by atoms with van der Waals surface area (Å²) >= 11 is 0. The van der Waals surface area contributed by atoms with Gasteiger partial charge in [0, 0.05) is 0 Å². The number of carbonyl (C=O) groups excluding carboxylic acids is 1. The van der Waals surface area contributed by atoms with Crippen molar-refractivity contribution in [2.24, 2.45) is 0 Å². The van der Waals surface area contributed by atoms with Gasteiger partial charge in [-0.15, -0.1) is 0 Å². The predicted molar refractivity (Wildman–Crippen MR) is 98.6 cm³/mol. The Balaban J connectivity index is 1.99. The molecule has 0 aliphatic rings. The zero-order chi connectivity index (χ0) is 17.9. The van der Waals surface area contributed by atoms with Crippen molar-refractivity contribution in [2.75, 3.05) is 6.61 Å². The van der Waals surface area contributed by atoms with Crippen LogP contribution in [0, 0.1) is 34.6 Å². The molecule has 0 spiro atoms. The van der Waals surface area contributed by atoms with E-state index in [1.165, 1.54) is 16.7 Å². The number of nitrogens with one attached hydrogen (secondary N) is 1. The molecule has 1 atom stereocenters. The summed E-state index contributed by atoms with van der Waals surface area (Å²) in [7, 11) is 0. The van der Waals surface area contributed by atoms with Crippen LogP contribution in [-0.4, -0.2) is 12.5 Å². The Labute approximate surface area is 145 Å². The first kappa shape index (κ1) is 18.1. The highest BCUT2D eigenvalue weighted by molar-refractivity contribution is 5.78.